The van der Waals surface area contributed by atoms with Gasteiger partial charge in [-0.15, -0.1) is 0 Å². The summed E-state index contributed by atoms with van der Waals surface area (Å²) in [5.74, 6) is 1.78. The second kappa shape index (κ2) is 7.76. The minimum Gasteiger partial charge on any atom is -0.377 e. The van der Waals surface area contributed by atoms with Crippen LogP contribution in [0, 0.1) is 5.92 Å². The van der Waals surface area contributed by atoms with Gasteiger partial charge in [-0.25, -0.2) is 9.97 Å². The van der Waals surface area contributed by atoms with E-state index in [2.05, 4.69) is 32.2 Å². The van der Waals surface area contributed by atoms with E-state index >= 15 is 0 Å². The molecule has 3 aromatic rings. The van der Waals surface area contributed by atoms with Gasteiger partial charge < -0.3 is 14.6 Å². The Labute approximate surface area is 171 Å². The molecule has 5 rings (SSSR count). The largest absolute Gasteiger partial charge is 0.377 e. The monoisotopic (exact) mass is 411 g/mol. The van der Waals surface area contributed by atoms with Crippen LogP contribution in [0.5, 0.6) is 0 Å². The van der Waals surface area contributed by atoms with Crippen molar-refractivity contribution in [2.45, 2.75) is 25.8 Å². The molecule has 0 radical (unpaired) electrons. The van der Waals surface area contributed by atoms with Crippen molar-refractivity contribution in [2.75, 3.05) is 30.4 Å². The highest BCUT2D eigenvalue weighted by Crippen LogP contribution is 2.33. The molecule has 1 aliphatic heterocycles. The first-order valence-electron chi connectivity index (χ1n) is 10.1. The van der Waals surface area contributed by atoms with Crippen LogP contribution in [-0.2, 0) is 15.3 Å². The molecular weight excluding hydrogens is 386 g/mol. The van der Waals surface area contributed by atoms with Gasteiger partial charge in [-0.05, 0) is 43.9 Å². The number of hydrogen-bond donors (Lipinski definition) is 2. The minimum absolute atomic E-state index is 0.261. The van der Waals surface area contributed by atoms with Crippen LogP contribution in [0.4, 0.5) is 11.5 Å². The van der Waals surface area contributed by atoms with Crippen LogP contribution in [-0.4, -0.2) is 50.7 Å². The Hall–Kier alpha value is -2.45. The summed E-state index contributed by atoms with van der Waals surface area (Å²) in [5, 5.41) is 1.01. The van der Waals surface area contributed by atoms with E-state index in [1.54, 1.807) is 6.20 Å². The first-order valence-corrected chi connectivity index (χ1v) is 11.5. The Kier molecular flexibility index (Phi) is 4.97. The second-order valence-corrected chi connectivity index (χ2v) is 9.13. The molecular formula is C21H25N5O2S. The van der Waals surface area contributed by atoms with Crippen LogP contribution in [0.25, 0.3) is 22.3 Å². The lowest BCUT2D eigenvalue weighted by atomic mass is 10.1. The van der Waals surface area contributed by atoms with E-state index in [-0.39, 0.29) is 6.04 Å². The number of nitrogens with one attached hydrogen (secondary N) is 1. The molecule has 2 atom stereocenters. The van der Waals surface area contributed by atoms with E-state index in [1.807, 2.05) is 24.4 Å². The van der Waals surface area contributed by atoms with Crippen LogP contribution in [0.1, 0.15) is 19.8 Å². The third-order valence-electron chi connectivity index (χ3n) is 5.56. The fraction of sp³-hybridized carbons (Fsp3) is 0.429. The van der Waals surface area contributed by atoms with Gasteiger partial charge in [0, 0.05) is 64.0 Å². The van der Waals surface area contributed by atoms with Crippen molar-refractivity contribution in [1.29, 1.82) is 0 Å². The summed E-state index contributed by atoms with van der Waals surface area (Å²) in [5.41, 5.74) is 3.68. The van der Waals surface area contributed by atoms with E-state index in [9.17, 15) is 4.21 Å². The van der Waals surface area contributed by atoms with Crippen molar-refractivity contribution >= 4 is 33.1 Å². The molecule has 2 aliphatic rings. The average molecular weight is 412 g/mol. The molecule has 1 saturated carbocycles. The second-order valence-electron chi connectivity index (χ2n) is 7.86. The molecule has 152 valence electrons. The van der Waals surface area contributed by atoms with Gasteiger partial charge in [-0.2, -0.15) is 4.36 Å². The molecule has 1 unspecified atom stereocenters. The lowest BCUT2D eigenvalue weighted by Gasteiger charge is -2.35. The average Bonchev–Trinajstić information content (AvgIpc) is 3.39. The van der Waals surface area contributed by atoms with Gasteiger partial charge in [0.1, 0.15) is 5.65 Å². The molecule has 3 aromatic heterocycles. The number of ether oxygens (including phenoxy) is 1. The van der Waals surface area contributed by atoms with E-state index in [0.29, 0.717) is 30.7 Å². The minimum atomic E-state index is -1.63. The normalized spacial score (nSPS) is 21.0. The Balaban J connectivity index is 1.61. The van der Waals surface area contributed by atoms with E-state index in [0.717, 1.165) is 34.5 Å². The molecule has 7 nitrogen and oxygen atoms in total. The number of fused-ring (bicyclic) bond motifs is 1. The van der Waals surface area contributed by atoms with Crippen LogP contribution < -0.4 is 4.90 Å². The maximum Gasteiger partial charge on any atom is 0.163 e. The van der Waals surface area contributed by atoms with E-state index in [4.69, 9.17) is 9.72 Å². The summed E-state index contributed by atoms with van der Waals surface area (Å²) in [6.07, 6.45) is 6.00. The summed E-state index contributed by atoms with van der Waals surface area (Å²) >= 11 is 0. The molecule has 1 aliphatic carbocycles. The molecule has 0 bridgehead atoms. The molecule has 0 spiro atoms. The van der Waals surface area contributed by atoms with Gasteiger partial charge >= 0.3 is 0 Å². The zero-order valence-electron chi connectivity index (χ0n) is 16.4. The van der Waals surface area contributed by atoms with Crippen molar-refractivity contribution in [1.82, 2.24) is 15.0 Å². The summed E-state index contributed by atoms with van der Waals surface area (Å²) in [6.45, 7) is 4.35. The van der Waals surface area contributed by atoms with Crippen LogP contribution >= 0.6 is 0 Å². The number of hydrogen-bond acceptors (Lipinski definition) is 6. The first kappa shape index (κ1) is 18.6. The maximum absolute atomic E-state index is 12.5. The molecule has 1 saturated heterocycles. The summed E-state index contributed by atoms with van der Waals surface area (Å²) in [4.78, 5) is 14.6. The predicted octanol–water partition coefficient (Wildman–Crippen LogP) is 3.56. The fourth-order valence-electron chi connectivity index (χ4n) is 3.83. The number of aromatic amines is 1. The fourth-order valence-corrected chi connectivity index (χ4v) is 5.05. The summed E-state index contributed by atoms with van der Waals surface area (Å²) in [6, 6.07) is 8.29. The number of morpholine rings is 1. The van der Waals surface area contributed by atoms with Crippen LogP contribution in [0.2, 0.25) is 0 Å². The van der Waals surface area contributed by atoms with Crippen LogP contribution in [0.15, 0.2) is 41.0 Å². The van der Waals surface area contributed by atoms with E-state index < -0.39 is 10.6 Å². The number of aromatic nitrogens is 3. The molecule has 4 heterocycles. The van der Waals surface area contributed by atoms with Gasteiger partial charge in [0.05, 0.1) is 18.9 Å². The molecule has 0 amide bonds. The SMILES string of the molecule is C[C@@H]1COCCN1c1cc(/N=[SH](=O)/CC2CC2)nc(-c2ccnc3[nH]ccc23)c1. The first-order chi connectivity index (χ1) is 14.2. The van der Waals surface area contributed by atoms with Gasteiger partial charge in [0.15, 0.2) is 5.82 Å². The summed E-state index contributed by atoms with van der Waals surface area (Å²) < 4.78 is 22.6. The van der Waals surface area contributed by atoms with E-state index in [1.165, 1.54) is 12.8 Å². The quantitative estimate of drug-likeness (QED) is 0.627. The van der Waals surface area contributed by atoms with Gasteiger partial charge in [-0.3, -0.25) is 4.21 Å². The number of pyridine rings is 2. The smallest absolute Gasteiger partial charge is 0.163 e. The van der Waals surface area contributed by atoms with Gasteiger partial charge in [0.25, 0.3) is 0 Å². The zero-order valence-corrected chi connectivity index (χ0v) is 17.3. The molecule has 29 heavy (non-hydrogen) atoms. The third-order valence-corrected chi connectivity index (χ3v) is 6.81. The lowest BCUT2D eigenvalue weighted by molar-refractivity contribution is 0.0989. The molecule has 1 N–H and O–H groups in total. The molecule has 8 heteroatoms. The number of nitrogens with zero attached hydrogens (tertiary/aromatic N) is 4. The van der Waals surface area contributed by atoms with Crippen molar-refractivity contribution in [3.63, 3.8) is 0 Å². The number of anilines is 1. The highest BCUT2D eigenvalue weighted by Gasteiger charge is 2.23. The lowest BCUT2D eigenvalue weighted by Crippen LogP contribution is -2.43. The topological polar surface area (TPSA) is 83.5 Å². The predicted molar refractivity (Wildman–Crippen MR) is 116 cm³/mol. The maximum atomic E-state index is 12.5. The molecule has 2 fully saturated rings. The Morgan fingerprint density at radius 1 is 1.34 bits per heavy atom. The summed E-state index contributed by atoms with van der Waals surface area (Å²) in [7, 11) is -1.63. The third kappa shape index (κ3) is 4.00. The zero-order chi connectivity index (χ0) is 19.8. The van der Waals surface area contributed by atoms with Crippen molar-refractivity contribution in [3.8, 4) is 11.3 Å². The Morgan fingerprint density at radius 2 is 2.24 bits per heavy atom. The molecule has 0 aromatic carbocycles. The van der Waals surface area contributed by atoms with Crippen molar-refractivity contribution in [3.05, 3.63) is 36.7 Å². The number of thiol groups is 1. The Bertz CT molecular complexity index is 1120. The Morgan fingerprint density at radius 3 is 3.07 bits per heavy atom. The van der Waals surface area contributed by atoms with Crippen molar-refractivity contribution < 1.29 is 8.95 Å². The number of rotatable bonds is 5. The highest BCUT2D eigenvalue weighted by atomic mass is 32.2. The van der Waals surface area contributed by atoms with Crippen molar-refractivity contribution in [2.24, 2.45) is 10.3 Å². The standard InChI is InChI=1S/C21H25N5O2S/c1-14-12-28-9-8-26(14)16-10-19(17-4-6-22-21-18(17)5-7-23-21)24-20(11-16)25-29(27)13-15-2-3-15/h4-7,10-11,14-15,29H,2-3,8-9,12-13H2,1H3,(H,22,23)/t14-/m1/s1. The van der Waals surface area contributed by atoms with Gasteiger partial charge in [-0.1, -0.05) is 0 Å². The highest BCUT2D eigenvalue weighted by molar-refractivity contribution is 7.75. The number of H-pyrrole nitrogens is 1. The van der Waals surface area contributed by atoms with Crippen LogP contribution in [0.3, 0.4) is 0 Å². The van der Waals surface area contributed by atoms with Gasteiger partial charge in [0.2, 0.25) is 0 Å².